The van der Waals surface area contributed by atoms with E-state index in [1.54, 1.807) is 18.2 Å². The van der Waals surface area contributed by atoms with Gasteiger partial charge >= 0.3 is 6.18 Å². The van der Waals surface area contributed by atoms with E-state index in [1.165, 1.54) is 15.6 Å². The van der Waals surface area contributed by atoms with Crippen molar-refractivity contribution in [2.45, 2.75) is 44.4 Å². The molecule has 1 N–H and O–H groups in total. The summed E-state index contributed by atoms with van der Waals surface area (Å²) in [5.74, 6) is -0.409. The Kier molecular flexibility index (Phi) is 6.87. The number of alkyl halides is 3. The van der Waals surface area contributed by atoms with Crippen LogP contribution >= 0.6 is 46.4 Å². The van der Waals surface area contributed by atoms with Crippen LogP contribution in [0, 0.1) is 0 Å². The first-order chi connectivity index (χ1) is 15.5. The molecule has 0 spiro atoms. The average molecular weight is 541 g/mol. The van der Waals surface area contributed by atoms with Gasteiger partial charge in [0.05, 0.1) is 33.9 Å². The number of benzene rings is 1. The lowest BCUT2D eigenvalue weighted by Gasteiger charge is -2.07. The third-order valence-corrected chi connectivity index (χ3v) is 6.41. The minimum Gasteiger partial charge on any atom is -0.308 e. The molecule has 1 saturated carbocycles. The smallest absolute Gasteiger partial charge is 0.308 e. The molecule has 2 aromatic heterocycles. The van der Waals surface area contributed by atoms with Gasteiger partial charge in [0.2, 0.25) is 5.91 Å². The van der Waals surface area contributed by atoms with Crippen molar-refractivity contribution in [3.05, 3.63) is 61.4 Å². The number of carbonyl (C=O) groups excluding carboxylic acids is 1. The van der Waals surface area contributed by atoms with Gasteiger partial charge in [-0.2, -0.15) is 23.4 Å². The molecule has 1 aliphatic rings. The highest BCUT2D eigenvalue weighted by Crippen LogP contribution is 2.46. The van der Waals surface area contributed by atoms with Crippen molar-refractivity contribution < 1.29 is 18.0 Å². The molecule has 1 amide bonds. The van der Waals surface area contributed by atoms with E-state index in [-0.39, 0.29) is 29.7 Å². The lowest BCUT2D eigenvalue weighted by molar-refractivity contribution is -0.141. The number of aromatic nitrogens is 4. The zero-order chi connectivity index (χ0) is 23.9. The lowest BCUT2D eigenvalue weighted by Crippen LogP contribution is -2.17. The number of anilines is 1. The van der Waals surface area contributed by atoms with Gasteiger partial charge in [0.15, 0.2) is 11.5 Å². The number of aryl methyl sites for hydroxylation is 1. The van der Waals surface area contributed by atoms with Crippen molar-refractivity contribution in [2.24, 2.45) is 0 Å². The topological polar surface area (TPSA) is 64.7 Å². The minimum atomic E-state index is -4.66. The zero-order valence-electron chi connectivity index (χ0n) is 16.8. The van der Waals surface area contributed by atoms with Crippen LogP contribution in [0.25, 0.3) is 0 Å². The van der Waals surface area contributed by atoms with Gasteiger partial charge in [0.1, 0.15) is 5.02 Å². The summed E-state index contributed by atoms with van der Waals surface area (Å²) in [5.41, 5.74) is 0.0152. The second-order valence-electron chi connectivity index (χ2n) is 7.61. The Morgan fingerprint density at radius 3 is 2.45 bits per heavy atom. The molecule has 13 heteroatoms. The Labute approximate surface area is 206 Å². The van der Waals surface area contributed by atoms with Crippen LogP contribution in [0.2, 0.25) is 20.1 Å². The fraction of sp³-hybridized carbons (Fsp3) is 0.350. The van der Waals surface area contributed by atoms with E-state index in [2.05, 4.69) is 15.5 Å². The molecule has 1 aromatic carbocycles. The maximum absolute atomic E-state index is 13.2. The summed E-state index contributed by atoms with van der Waals surface area (Å²) in [5, 5.41) is 11.1. The van der Waals surface area contributed by atoms with Crippen molar-refractivity contribution in [2.75, 3.05) is 5.32 Å². The van der Waals surface area contributed by atoms with Crippen molar-refractivity contribution in [1.29, 1.82) is 0 Å². The molecule has 1 aliphatic carbocycles. The summed E-state index contributed by atoms with van der Waals surface area (Å²) in [7, 11) is 0. The highest BCUT2D eigenvalue weighted by atomic mass is 35.5. The molecule has 0 aliphatic heterocycles. The Morgan fingerprint density at radius 1 is 1.09 bits per heavy atom. The fourth-order valence-electron chi connectivity index (χ4n) is 3.34. The van der Waals surface area contributed by atoms with E-state index >= 15 is 0 Å². The largest absolute Gasteiger partial charge is 0.436 e. The molecule has 3 aromatic rings. The van der Waals surface area contributed by atoms with E-state index in [0.717, 1.165) is 18.4 Å². The Bertz CT molecular complexity index is 1200. The number of halogens is 7. The van der Waals surface area contributed by atoms with Gasteiger partial charge in [-0.25, -0.2) is 0 Å². The van der Waals surface area contributed by atoms with E-state index in [4.69, 9.17) is 46.4 Å². The molecule has 6 nitrogen and oxygen atoms in total. The molecule has 176 valence electrons. The van der Waals surface area contributed by atoms with Crippen molar-refractivity contribution in [1.82, 2.24) is 19.6 Å². The summed E-state index contributed by atoms with van der Waals surface area (Å²) >= 11 is 24.1. The standard InChI is InChI=1S/C20H16Cl4F3N5O/c21-12-4-1-10(7-13(12)22)8-31-9-14(23)19(30-31)28-15(33)5-6-32-17(11-2-3-11)16(24)18(29-32)20(25,26)27/h1,4,7,9,11H,2-3,5-6,8H2,(H,28,30,33). The highest BCUT2D eigenvalue weighted by molar-refractivity contribution is 6.42. The van der Waals surface area contributed by atoms with Gasteiger partial charge in [-0.3, -0.25) is 14.2 Å². The first-order valence-corrected chi connectivity index (χ1v) is 11.3. The van der Waals surface area contributed by atoms with E-state index in [0.29, 0.717) is 22.3 Å². The predicted octanol–water partition coefficient (Wildman–Crippen LogP) is 6.67. The molecule has 2 heterocycles. The summed E-state index contributed by atoms with van der Waals surface area (Å²) in [6.07, 6.45) is -1.79. The molecular weight excluding hydrogens is 525 g/mol. The predicted molar refractivity (Wildman–Crippen MR) is 120 cm³/mol. The van der Waals surface area contributed by atoms with Gasteiger partial charge in [0, 0.05) is 18.5 Å². The van der Waals surface area contributed by atoms with Gasteiger partial charge in [0.25, 0.3) is 0 Å². The van der Waals surface area contributed by atoms with E-state index < -0.39 is 22.8 Å². The molecule has 0 bridgehead atoms. The maximum Gasteiger partial charge on any atom is 0.436 e. The number of hydrogen-bond donors (Lipinski definition) is 1. The third kappa shape index (κ3) is 5.59. The first kappa shape index (κ1) is 24.2. The van der Waals surface area contributed by atoms with E-state index in [1.807, 2.05) is 0 Å². The number of amides is 1. The summed E-state index contributed by atoms with van der Waals surface area (Å²) in [6, 6.07) is 5.14. The molecule has 0 unspecified atom stereocenters. The molecule has 0 atom stereocenters. The Hall–Kier alpha value is -1.94. The molecule has 33 heavy (non-hydrogen) atoms. The number of hydrogen-bond acceptors (Lipinski definition) is 3. The first-order valence-electron chi connectivity index (χ1n) is 9.83. The van der Waals surface area contributed by atoms with Gasteiger partial charge in [-0.05, 0) is 30.5 Å². The maximum atomic E-state index is 13.2. The van der Waals surface area contributed by atoms with Crippen LogP contribution in [0.5, 0.6) is 0 Å². The summed E-state index contributed by atoms with van der Waals surface area (Å²) < 4.78 is 42.2. The Balaban J connectivity index is 1.41. The number of carbonyl (C=O) groups is 1. The SMILES string of the molecule is O=C(CCn1nc(C(F)(F)F)c(Cl)c1C1CC1)Nc1nn(Cc2ccc(Cl)c(Cl)c2)cc1Cl. The van der Waals surface area contributed by atoms with Crippen molar-refractivity contribution in [3.63, 3.8) is 0 Å². The molecule has 1 fully saturated rings. The summed E-state index contributed by atoms with van der Waals surface area (Å²) in [6.45, 7) is 0.276. The minimum absolute atomic E-state index is 0.0604. The fourth-order valence-corrected chi connectivity index (χ4v) is 4.26. The number of rotatable bonds is 7. The highest BCUT2D eigenvalue weighted by Gasteiger charge is 2.42. The van der Waals surface area contributed by atoms with Crippen LogP contribution in [0.4, 0.5) is 19.0 Å². The van der Waals surface area contributed by atoms with Crippen LogP contribution < -0.4 is 5.32 Å². The monoisotopic (exact) mass is 539 g/mol. The van der Waals surface area contributed by atoms with Gasteiger partial charge in [-0.1, -0.05) is 52.5 Å². The second-order valence-corrected chi connectivity index (χ2v) is 9.21. The van der Waals surface area contributed by atoms with Crippen LogP contribution in [0.1, 0.15) is 42.1 Å². The van der Waals surface area contributed by atoms with Crippen LogP contribution in [0.3, 0.4) is 0 Å². The molecular formula is C20H16Cl4F3N5O. The molecule has 0 radical (unpaired) electrons. The molecule has 4 rings (SSSR count). The van der Waals surface area contributed by atoms with Crippen molar-refractivity contribution in [3.8, 4) is 0 Å². The van der Waals surface area contributed by atoms with Crippen LogP contribution in [-0.2, 0) is 24.1 Å². The quantitative estimate of drug-likeness (QED) is 0.364. The second kappa shape index (κ2) is 9.37. The average Bonchev–Trinajstić information content (AvgIpc) is 3.42. The number of nitrogens with one attached hydrogen (secondary N) is 1. The van der Waals surface area contributed by atoms with Gasteiger partial charge in [-0.15, -0.1) is 0 Å². The van der Waals surface area contributed by atoms with Crippen LogP contribution in [-0.4, -0.2) is 25.5 Å². The summed E-state index contributed by atoms with van der Waals surface area (Å²) in [4.78, 5) is 12.4. The normalized spacial score (nSPS) is 14.0. The lowest BCUT2D eigenvalue weighted by atomic mass is 10.2. The van der Waals surface area contributed by atoms with Crippen molar-refractivity contribution >= 4 is 58.1 Å². The zero-order valence-corrected chi connectivity index (χ0v) is 19.8. The molecule has 0 saturated heterocycles. The third-order valence-electron chi connectivity index (χ3n) is 5.02. The Morgan fingerprint density at radius 2 is 1.82 bits per heavy atom. The van der Waals surface area contributed by atoms with Gasteiger partial charge < -0.3 is 5.32 Å². The van der Waals surface area contributed by atoms with Crippen LogP contribution in [0.15, 0.2) is 24.4 Å². The van der Waals surface area contributed by atoms with E-state index in [9.17, 15) is 18.0 Å². The number of nitrogens with zero attached hydrogens (tertiary/aromatic N) is 4.